The molecule has 0 aliphatic rings. The average Bonchev–Trinajstić information content (AvgIpc) is 1.69. The van der Waals surface area contributed by atoms with Crippen LogP contribution in [0.25, 0.3) is 0 Å². The van der Waals surface area contributed by atoms with Crippen molar-refractivity contribution in [3.05, 3.63) is 30.3 Å². The van der Waals surface area contributed by atoms with Crippen LogP contribution in [0.3, 0.4) is 0 Å². The largest absolute Gasteiger partial charge is 0.143 e. The van der Waals surface area contributed by atoms with Crippen molar-refractivity contribution in [1.82, 2.24) is 0 Å². The van der Waals surface area contributed by atoms with Crippen LogP contribution in [0, 0.1) is 0 Å². The molecule has 1 aromatic carbocycles. The Bertz CT molecular complexity index is 138. The Morgan fingerprint density at radius 3 is 1.75 bits per heavy atom. The predicted octanol–water partition coefficient (Wildman–Crippen LogP) is 1.97. The molecule has 0 fully saturated rings. The van der Waals surface area contributed by atoms with Crippen LogP contribution >= 0.6 is 12.6 Å². The SMILES string of the molecule is Sc1ccccc1.[Ti]. The van der Waals surface area contributed by atoms with Crippen molar-refractivity contribution in [2.45, 2.75) is 4.90 Å². The third-order valence-corrected chi connectivity index (χ3v) is 1.05. The zero-order valence-corrected chi connectivity index (χ0v) is 6.79. The van der Waals surface area contributed by atoms with Gasteiger partial charge in [0.15, 0.2) is 0 Å². The second kappa shape index (κ2) is 4.19. The molecule has 40 valence electrons. The Morgan fingerprint density at radius 1 is 1.00 bits per heavy atom. The second-order valence-electron chi connectivity index (χ2n) is 1.34. The molecule has 8 heavy (non-hydrogen) atoms. The molecule has 0 aromatic heterocycles. The third-order valence-electron chi connectivity index (χ3n) is 0.756. The molecule has 0 radical (unpaired) electrons. The number of thiol groups is 1. The van der Waals surface area contributed by atoms with Crippen LogP contribution < -0.4 is 0 Å². The van der Waals surface area contributed by atoms with E-state index in [4.69, 9.17) is 0 Å². The van der Waals surface area contributed by atoms with E-state index in [1.165, 1.54) is 0 Å². The molecule has 0 unspecified atom stereocenters. The topological polar surface area (TPSA) is 0 Å². The summed E-state index contributed by atoms with van der Waals surface area (Å²) < 4.78 is 0. The standard InChI is InChI=1S/C6H6S.Ti/c7-6-4-2-1-3-5-6;/h1-5,7H;. The molecule has 0 nitrogen and oxygen atoms in total. The molecule has 0 aliphatic carbocycles. The number of hydrogen-bond donors (Lipinski definition) is 1. The fourth-order valence-electron chi connectivity index (χ4n) is 0.428. The van der Waals surface area contributed by atoms with Crippen LogP contribution in [-0.4, -0.2) is 0 Å². The monoisotopic (exact) mass is 158 g/mol. The minimum atomic E-state index is 0. The van der Waals surface area contributed by atoms with Gasteiger partial charge in [-0.3, -0.25) is 0 Å². The Kier molecular flexibility index (Phi) is 4.34. The Morgan fingerprint density at radius 2 is 1.50 bits per heavy atom. The van der Waals surface area contributed by atoms with Crippen LogP contribution in [-0.2, 0) is 21.7 Å². The Labute approximate surface area is 69.6 Å². The number of rotatable bonds is 0. The van der Waals surface area contributed by atoms with Gasteiger partial charge in [0.05, 0.1) is 0 Å². The van der Waals surface area contributed by atoms with Crippen molar-refractivity contribution in [2.75, 3.05) is 0 Å². The Hall–Kier alpha value is 0.284. The molecule has 0 atom stereocenters. The Balaban J connectivity index is 0.000000490. The fraction of sp³-hybridized carbons (Fsp3) is 0. The molecule has 0 aliphatic heterocycles. The summed E-state index contributed by atoms with van der Waals surface area (Å²) in [6.07, 6.45) is 0. The van der Waals surface area contributed by atoms with Crippen molar-refractivity contribution >= 4 is 12.6 Å². The van der Waals surface area contributed by atoms with Gasteiger partial charge in [-0.25, -0.2) is 0 Å². The summed E-state index contributed by atoms with van der Waals surface area (Å²) >= 11 is 4.08. The van der Waals surface area contributed by atoms with Gasteiger partial charge in [0.25, 0.3) is 0 Å². The van der Waals surface area contributed by atoms with E-state index in [2.05, 4.69) is 12.6 Å². The first-order chi connectivity index (χ1) is 3.39. The van der Waals surface area contributed by atoms with E-state index >= 15 is 0 Å². The van der Waals surface area contributed by atoms with Crippen LogP contribution in [0.1, 0.15) is 0 Å². The normalized spacial score (nSPS) is 7.62. The zero-order valence-electron chi connectivity index (χ0n) is 4.33. The first-order valence-corrected chi connectivity index (χ1v) is 2.58. The predicted molar refractivity (Wildman–Crippen MR) is 33.7 cm³/mol. The van der Waals surface area contributed by atoms with E-state index < -0.39 is 0 Å². The van der Waals surface area contributed by atoms with Gasteiger partial charge in [-0.15, -0.1) is 12.6 Å². The van der Waals surface area contributed by atoms with Gasteiger partial charge in [0.2, 0.25) is 0 Å². The van der Waals surface area contributed by atoms with Crippen LogP contribution in [0.5, 0.6) is 0 Å². The van der Waals surface area contributed by atoms with Crippen LogP contribution in [0.4, 0.5) is 0 Å². The van der Waals surface area contributed by atoms with Crippen molar-refractivity contribution in [3.8, 4) is 0 Å². The summed E-state index contributed by atoms with van der Waals surface area (Å²) in [5.74, 6) is 0. The third kappa shape index (κ3) is 2.56. The number of benzene rings is 1. The van der Waals surface area contributed by atoms with Gasteiger partial charge in [0.1, 0.15) is 0 Å². The van der Waals surface area contributed by atoms with E-state index in [0.29, 0.717) is 0 Å². The first-order valence-electron chi connectivity index (χ1n) is 2.13. The molecule has 1 rings (SSSR count). The average molecular weight is 158 g/mol. The maximum Gasteiger partial charge on any atom is 0.00399 e. The van der Waals surface area contributed by atoms with Crippen molar-refractivity contribution in [3.63, 3.8) is 0 Å². The molecule has 0 heterocycles. The minimum absolute atomic E-state index is 0. The van der Waals surface area contributed by atoms with Gasteiger partial charge < -0.3 is 0 Å². The van der Waals surface area contributed by atoms with Gasteiger partial charge in [0, 0.05) is 26.6 Å². The second-order valence-corrected chi connectivity index (χ2v) is 1.85. The smallest absolute Gasteiger partial charge is 0.00399 e. The molecular formula is C6H6STi. The summed E-state index contributed by atoms with van der Waals surface area (Å²) in [6, 6.07) is 9.79. The van der Waals surface area contributed by atoms with Gasteiger partial charge in [-0.05, 0) is 12.1 Å². The summed E-state index contributed by atoms with van der Waals surface area (Å²) in [5, 5.41) is 0. The van der Waals surface area contributed by atoms with Crippen molar-refractivity contribution in [1.29, 1.82) is 0 Å². The van der Waals surface area contributed by atoms with Crippen molar-refractivity contribution in [2.24, 2.45) is 0 Å². The van der Waals surface area contributed by atoms with Gasteiger partial charge in [-0.2, -0.15) is 0 Å². The van der Waals surface area contributed by atoms with E-state index in [1.54, 1.807) is 0 Å². The molecule has 0 spiro atoms. The zero-order chi connectivity index (χ0) is 5.11. The molecule has 1 aromatic rings. The van der Waals surface area contributed by atoms with E-state index in [1.807, 2.05) is 30.3 Å². The number of hydrogen-bond acceptors (Lipinski definition) is 1. The quantitative estimate of drug-likeness (QED) is 0.433. The van der Waals surface area contributed by atoms with Gasteiger partial charge in [-0.1, -0.05) is 18.2 Å². The maximum absolute atomic E-state index is 4.08. The fourth-order valence-corrected chi connectivity index (χ4v) is 0.600. The molecule has 0 N–H and O–H groups in total. The summed E-state index contributed by atoms with van der Waals surface area (Å²) in [7, 11) is 0. The first kappa shape index (κ1) is 8.28. The van der Waals surface area contributed by atoms with Crippen molar-refractivity contribution < 1.29 is 21.7 Å². The van der Waals surface area contributed by atoms with E-state index in [-0.39, 0.29) is 21.7 Å². The minimum Gasteiger partial charge on any atom is -0.143 e. The summed E-state index contributed by atoms with van der Waals surface area (Å²) in [5.41, 5.74) is 0. The molecule has 0 saturated carbocycles. The van der Waals surface area contributed by atoms with E-state index in [9.17, 15) is 0 Å². The van der Waals surface area contributed by atoms with Crippen LogP contribution in [0.2, 0.25) is 0 Å². The van der Waals surface area contributed by atoms with E-state index in [0.717, 1.165) is 4.90 Å². The van der Waals surface area contributed by atoms with Crippen LogP contribution in [0.15, 0.2) is 35.2 Å². The molecule has 0 amide bonds. The summed E-state index contributed by atoms with van der Waals surface area (Å²) in [6.45, 7) is 0. The summed E-state index contributed by atoms with van der Waals surface area (Å²) in [4.78, 5) is 1.02. The molecule has 0 bridgehead atoms. The maximum atomic E-state index is 4.08. The van der Waals surface area contributed by atoms with Gasteiger partial charge >= 0.3 is 0 Å². The molecular weight excluding hydrogens is 152 g/mol. The molecule has 2 heteroatoms. The molecule has 0 saturated heterocycles.